The Morgan fingerprint density at radius 2 is 1.96 bits per heavy atom. The van der Waals surface area contributed by atoms with E-state index in [-0.39, 0.29) is 22.8 Å². The van der Waals surface area contributed by atoms with Crippen molar-refractivity contribution in [3.8, 4) is 0 Å². The van der Waals surface area contributed by atoms with E-state index >= 15 is 0 Å². The van der Waals surface area contributed by atoms with E-state index in [1.165, 1.54) is 0 Å². The molecular weight excluding hydrogens is 366 g/mol. The van der Waals surface area contributed by atoms with Gasteiger partial charge in [0.05, 0.1) is 12.3 Å². The van der Waals surface area contributed by atoms with E-state index in [0.29, 0.717) is 37.3 Å². The molecule has 0 saturated carbocycles. The molecule has 0 aliphatic carbocycles. The normalized spacial score (nSPS) is 20.0. The Balaban J connectivity index is 1.40. The molecule has 0 radical (unpaired) electrons. The van der Waals surface area contributed by atoms with Crippen LogP contribution in [0.2, 0.25) is 0 Å². The smallest absolute Gasteiger partial charge is 0.285 e. The first-order valence-electron chi connectivity index (χ1n) is 8.99. The van der Waals surface area contributed by atoms with Crippen LogP contribution in [0.15, 0.2) is 56.4 Å². The van der Waals surface area contributed by atoms with Gasteiger partial charge in [0.15, 0.2) is 5.84 Å². The van der Waals surface area contributed by atoms with Crippen LogP contribution in [0, 0.1) is 5.92 Å². The van der Waals surface area contributed by atoms with Gasteiger partial charge in [-0.3, -0.25) is 4.79 Å². The summed E-state index contributed by atoms with van der Waals surface area (Å²) >= 11 is 0. The van der Waals surface area contributed by atoms with Crippen LogP contribution in [0.3, 0.4) is 0 Å². The number of carbonyl (C=O) groups excluding carboxylic acids is 1. The molecular formula is C19H21N3O4S. The Hall–Kier alpha value is -2.61. The van der Waals surface area contributed by atoms with E-state index in [0.717, 1.165) is 5.76 Å². The Morgan fingerprint density at radius 1 is 1.22 bits per heavy atom. The Bertz CT molecular complexity index is 974. The number of nitrogens with one attached hydrogen (secondary N) is 1. The summed E-state index contributed by atoms with van der Waals surface area (Å²) in [7, 11) is -3.62. The molecule has 142 valence electrons. The maximum Gasteiger partial charge on any atom is 0.285 e. The van der Waals surface area contributed by atoms with Crippen LogP contribution in [0.25, 0.3) is 0 Å². The van der Waals surface area contributed by atoms with Crippen LogP contribution in [0.4, 0.5) is 0 Å². The summed E-state index contributed by atoms with van der Waals surface area (Å²) in [6.07, 6.45) is 2.89. The van der Waals surface area contributed by atoms with Crippen molar-refractivity contribution in [2.75, 3.05) is 13.1 Å². The topological polar surface area (TPSA) is 92.0 Å². The molecule has 4 rings (SSSR count). The summed E-state index contributed by atoms with van der Waals surface area (Å²) in [4.78, 5) is 14.8. The van der Waals surface area contributed by atoms with E-state index in [4.69, 9.17) is 4.42 Å². The number of rotatable bonds is 3. The predicted octanol–water partition coefficient (Wildman–Crippen LogP) is 2.32. The third-order valence-electron chi connectivity index (χ3n) is 5.11. The van der Waals surface area contributed by atoms with E-state index in [1.807, 2.05) is 24.0 Å². The van der Waals surface area contributed by atoms with E-state index < -0.39 is 10.0 Å². The molecule has 1 amide bonds. The number of sulfonamides is 1. The van der Waals surface area contributed by atoms with Gasteiger partial charge in [-0.25, -0.2) is 0 Å². The minimum Gasteiger partial charge on any atom is -0.467 e. The minimum atomic E-state index is -3.62. The number of hydrogen-bond donors (Lipinski definition) is 1. The summed E-state index contributed by atoms with van der Waals surface area (Å²) < 4.78 is 33.7. The molecule has 27 heavy (non-hydrogen) atoms. The summed E-state index contributed by atoms with van der Waals surface area (Å²) in [6, 6.07) is 10.3. The van der Waals surface area contributed by atoms with Gasteiger partial charge in [-0.05, 0) is 44.0 Å². The lowest BCUT2D eigenvalue weighted by Gasteiger charge is -2.33. The van der Waals surface area contributed by atoms with Gasteiger partial charge >= 0.3 is 0 Å². The van der Waals surface area contributed by atoms with Crippen molar-refractivity contribution in [2.45, 2.75) is 30.7 Å². The lowest BCUT2D eigenvalue weighted by atomic mass is 9.95. The fourth-order valence-corrected chi connectivity index (χ4v) is 4.84. The van der Waals surface area contributed by atoms with Crippen LogP contribution in [0.1, 0.15) is 37.1 Å². The Kier molecular flexibility index (Phi) is 4.51. The number of benzene rings is 1. The van der Waals surface area contributed by atoms with Crippen LogP contribution >= 0.6 is 0 Å². The molecule has 0 spiro atoms. The van der Waals surface area contributed by atoms with Crippen molar-refractivity contribution in [3.05, 3.63) is 54.0 Å². The highest BCUT2D eigenvalue weighted by Crippen LogP contribution is 2.29. The van der Waals surface area contributed by atoms with Crippen LogP contribution in [0.5, 0.6) is 0 Å². The molecule has 2 aromatic rings. The standard InChI is InChI=1S/C19H21N3O4S/c1-13(16-6-4-12-26-16)20-19(23)14-8-10-22(11-9-14)18-15-5-2-3-7-17(15)27(24,25)21-18/h2-7,12-14H,8-11H2,1H3,(H,20,23)/t13-/m1/s1. The predicted molar refractivity (Wildman–Crippen MR) is 99.7 cm³/mol. The molecule has 1 fully saturated rings. The quantitative estimate of drug-likeness (QED) is 0.873. The van der Waals surface area contributed by atoms with Crippen LogP contribution in [-0.4, -0.2) is 38.2 Å². The third kappa shape index (κ3) is 3.37. The first kappa shape index (κ1) is 17.8. The lowest BCUT2D eigenvalue weighted by molar-refractivity contribution is -0.126. The first-order valence-corrected chi connectivity index (χ1v) is 10.4. The van der Waals surface area contributed by atoms with Gasteiger partial charge in [0.25, 0.3) is 10.0 Å². The van der Waals surface area contributed by atoms with Gasteiger partial charge in [0.1, 0.15) is 10.7 Å². The number of fused-ring (bicyclic) bond motifs is 1. The lowest BCUT2D eigenvalue weighted by Crippen LogP contribution is -2.43. The molecule has 0 unspecified atom stereocenters. The van der Waals surface area contributed by atoms with Crippen molar-refractivity contribution in [3.63, 3.8) is 0 Å². The number of amidine groups is 1. The first-order chi connectivity index (χ1) is 13.0. The van der Waals surface area contributed by atoms with Crippen molar-refractivity contribution in [1.82, 2.24) is 10.2 Å². The average molecular weight is 387 g/mol. The second-order valence-corrected chi connectivity index (χ2v) is 8.47. The molecule has 1 N–H and O–H groups in total. The van der Waals surface area contributed by atoms with Crippen molar-refractivity contribution in [1.29, 1.82) is 0 Å². The monoisotopic (exact) mass is 387 g/mol. The summed E-state index contributed by atoms with van der Waals surface area (Å²) in [6.45, 7) is 3.08. The molecule has 3 heterocycles. The zero-order valence-corrected chi connectivity index (χ0v) is 15.8. The number of furan rings is 1. The highest BCUT2D eigenvalue weighted by atomic mass is 32.2. The summed E-state index contributed by atoms with van der Waals surface area (Å²) in [5.74, 6) is 1.11. The van der Waals surface area contributed by atoms with Gasteiger partial charge < -0.3 is 14.6 Å². The van der Waals surface area contributed by atoms with Gasteiger partial charge in [0.2, 0.25) is 5.91 Å². The van der Waals surface area contributed by atoms with Crippen LogP contribution in [-0.2, 0) is 14.8 Å². The SMILES string of the molecule is C[C@@H](NC(=O)C1CCN(C2=NS(=O)(=O)c3ccccc32)CC1)c1ccco1. The highest BCUT2D eigenvalue weighted by Gasteiger charge is 2.34. The average Bonchev–Trinajstić information content (AvgIpc) is 3.29. The molecule has 0 bridgehead atoms. The van der Waals surface area contributed by atoms with Crippen LogP contribution < -0.4 is 5.32 Å². The van der Waals surface area contributed by atoms with Crippen molar-refractivity contribution in [2.24, 2.45) is 10.3 Å². The molecule has 8 heteroatoms. The van der Waals surface area contributed by atoms with E-state index in [9.17, 15) is 13.2 Å². The molecule has 7 nitrogen and oxygen atoms in total. The number of likely N-dealkylation sites (tertiary alicyclic amines) is 1. The maximum absolute atomic E-state index is 12.5. The Morgan fingerprint density at radius 3 is 2.67 bits per heavy atom. The molecule has 1 aromatic heterocycles. The molecule has 1 aromatic carbocycles. The fraction of sp³-hybridized carbons (Fsp3) is 0.368. The number of amides is 1. The molecule has 1 saturated heterocycles. The molecule has 2 aliphatic heterocycles. The second-order valence-electron chi connectivity index (χ2n) is 6.89. The maximum atomic E-state index is 12.5. The largest absolute Gasteiger partial charge is 0.467 e. The van der Waals surface area contributed by atoms with Crippen molar-refractivity contribution >= 4 is 21.8 Å². The van der Waals surface area contributed by atoms with E-state index in [2.05, 4.69) is 9.71 Å². The van der Waals surface area contributed by atoms with Gasteiger partial charge in [0, 0.05) is 24.6 Å². The minimum absolute atomic E-state index is 0.0000626. The molecule has 2 aliphatic rings. The van der Waals surface area contributed by atoms with Gasteiger partial charge in [-0.15, -0.1) is 4.40 Å². The molecule has 1 atom stereocenters. The summed E-state index contributed by atoms with van der Waals surface area (Å²) in [5, 5.41) is 2.99. The fourth-order valence-electron chi connectivity index (χ4n) is 3.61. The second kappa shape index (κ2) is 6.84. The number of carbonyl (C=O) groups is 1. The Labute approximate surface area is 158 Å². The highest BCUT2D eigenvalue weighted by molar-refractivity contribution is 7.90. The summed E-state index contributed by atoms with van der Waals surface area (Å²) in [5.41, 5.74) is 0.645. The van der Waals surface area contributed by atoms with E-state index in [1.54, 1.807) is 30.5 Å². The van der Waals surface area contributed by atoms with Gasteiger partial charge in [-0.1, -0.05) is 12.1 Å². The number of piperidine rings is 1. The zero-order valence-electron chi connectivity index (χ0n) is 15.0. The third-order valence-corrected chi connectivity index (χ3v) is 6.43. The van der Waals surface area contributed by atoms with Crippen molar-refractivity contribution < 1.29 is 17.6 Å². The number of hydrogen-bond acceptors (Lipinski definition) is 5. The van der Waals surface area contributed by atoms with Gasteiger partial charge in [-0.2, -0.15) is 8.42 Å². The number of nitrogens with zero attached hydrogens (tertiary/aromatic N) is 2. The zero-order chi connectivity index (χ0) is 19.0.